The Morgan fingerprint density at radius 2 is 2.31 bits per heavy atom. The maximum Gasteiger partial charge on any atom is 0.284 e. The Labute approximate surface area is 91.7 Å². The minimum Gasteiger partial charge on any atom is -0.495 e. The average molecular weight is 227 g/mol. The van der Waals surface area contributed by atoms with Crippen LogP contribution in [-0.4, -0.2) is 12.1 Å². The van der Waals surface area contributed by atoms with Gasteiger partial charge in [0.15, 0.2) is 0 Å². The number of pyridine rings is 1. The lowest BCUT2D eigenvalue weighted by Crippen LogP contribution is -2.08. The van der Waals surface area contributed by atoms with Gasteiger partial charge >= 0.3 is 0 Å². The van der Waals surface area contributed by atoms with Crippen molar-refractivity contribution in [3.8, 4) is 11.8 Å². The van der Waals surface area contributed by atoms with Crippen molar-refractivity contribution < 1.29 is 13.5 Å². The zero-order valence-electron chi connectivity index (χ0n) is 8.70. The maximum absolute atomic E-state index is 12.6. The van der Waals surface area contributed by atoms with Crippen LogP contribution in [0, 0.1) is 11.3 Å². The van der Waals surface area contributed by atoms with Crippen LogP contribution in [-0.2, 0) is 13.0 Å². The second-order valence-electron chi connectivity index (χ2n) is 3.02. The molecule has 0 unspecified atom stereocenters. The highest BCUT2D eigenvalue weighted by molar-refractivity contribution is 5.37. The highest BCUT2D eigenvalue weighted by atomic mass is 19.3. The second-order valence-corrected chi connectivity index (χ2v) is 3.02. The lowest BCUT2D eigenvalue weighted by Gasteiger charge is -2.11. The summed E-state index contributed by atoms with van der Waals surface area (Å²) in [5, 5.41) is 8.55. The summed E-state index contributed by atoms with van der Waals surface area (Å²) in [6.45, 7) is 0.129. The van der Waals surface area contributed by atoms with E-state index >= 15 is 0 Å². The van der Waals surface area contributed by atoms with Crippen LogP contribution in [0.3, 0.4) is 0 Å². The number of halogens is 2. The Balaban J connectivity index is 3.30. The maximum atomic E-state index is 12.6. The van der Waals surface area contributed by atoms with E-state index in [1.54, 1.807) is 0 Å². The molecule has 0 aliphatic heterocycles. The smallest absolute Gasteiger partial charge is 0.284 e. The fourth-order valence-electron chi connectivity index (χ4n) is 1.31. The predicted molar refractivity (Wildman–Crippen MR) is 53.0 cm³/mol. The van der Waals surface area contributed by atoms with Gasteiger partial charge in [-0.1, -0.05) is 0 Å². The van der Waals surface area contributed by atoms with Gasteiger partial charge in [-0.2, -0.15) is 5.26 Å². The molecule has 0 atom stereocenters. The average Bonchev–Trinajstić information content (AvgIpc) is 2.28. The van der Waals surface area contributed by atoms with Crippen LogP contribution in [0.4, 0.5) is 8.78 Å². The molecule has 0 saturated heterocycles. The van der Waals surface area contributed by atoms with Crippen molar-refractivity contribution in [2.75, 3.05) is 7.11 Å². The molecular formula is C10H11F2N3O. The summed E-state index contributed by atoms with van der Waals surface area (Å²) < 4.78 is 30.0. The van der Waals surface area contributed by atoms with Gasteiger partial charge in [0.1, 0.15) is 11.4 Å². The molecule has 1 aromatic rings. The van der Waals surface area contributed by atoms with Crippen LogP contribution >= 0.6 is 0 Å². The monoisotopic (exact) mass is 227 g/mol. The predicted octanol–water partition coefficient (Wildman–Crippen LogP) is 1.55. The van der Waals surface area contributed by atoms with Gasteiger partial charge in [0.25, 0.3) is 6.43 Å². The SMILES string of the molecule is COc1cc(CN)c(CC#N)nc1C(F)F. The zero-order valence-corrected chi connectivity index (χ0v) is 8.70. The lowest BCUT2D eigenvalue weighted by atomic mass is 10.1. The molecule has 6 heteroatoms. The van der Waals surface area contributed by atoms with Gasteiger partial charge in [0, 0.05) is 6.54 Å². The third-order valence-corrected chi connectivity index (χ3v) is 2.08. The minimum atomic E-state index is -2.74. The van der Waals surface area contributed by atoms with Crippen molar-refractivity contribution in [1.82, 2.24) is 4.98 Å². The highest BCUT2D eigenvalue weighted by Crippen LogP contribution is 2.29. The first-order valence-corrected chi connectivity index (χ1v) is 4.55. The van der Waals surface area contributed by atoms with Crippen molar-refractivity contribution in [2.24, 2.45) is 5.73 Å². The van der Waals surface area contributed by atoms with E-state index in [4.69, 9.17) is 15.7 Å². The van der Waals surface area contributed by atoms with E-state index in [1.807, 2.05) is 6.07 Å². The van der Waals surface area contributed by atoms with E-state index in [0.29, 0.717) is 5.56 Å². The van der Waals surface area contributed by atoms with Crippen molar-refractivity contribution in [3.05, 3.63) is 23.0 Å². The standard InChI is InChI=1S/C10H11F2N3O/c1-16-8-4-6(5-14)7(2-3-13)15-9(8)10(11)12/h4,10H,2,5,14H2,1H3. The molecule has 0 saturated carbocycles. The number of ether oxygens (including phenoxy) is 1. The molecule has 86 valence electrons. The van der Waals surface area contributed by atoms with Gasteiger partial charge < -0.3 is 10.5 Å². The fraction of sp³-hybridized carbons (Fsp3) is 0.400. The molecule has 16 heavy (non-hydrogen) atoms. The summed E-state index contributed by atoms with van der Waals surface area (Å²) >= 11 is 0. The first kappa shape index (κ1) is 12.3. The first-order valence-electron chi connectivity index (χ1n) is 4.55. The molecule has 1 aromatic heterocycles. The van der Waals surface area contributed by atoms with Gasteiger partial charge in [0.2, 0.25) is 0 Å². The van der Waals surface area contributed by atoms with E-state index in [0.717, 1.165) is 0 Å². The topological polar surface area (TPSA) is 71.9 Å². The molecule has 0 amide bonds. The molecule has 0 fully saturated rings. The number of nitriles is 1. The molecule has 2 N–H and O–H groups in total. The van der Waals surface area contributed by atoms with E-state index < -0.39 is 12.1 Å². The number of methoxy groups -OCH3 is 1. The lowest BCUT2D eigenvalue weighted by molar-refractivity contribution is 0.141. The van der Waals surface area contributed by atoms with E-state index in [1.165, 1.54) is 13.2 Å². The number of hydrogen-bond acceptors (Lipinski definition) is 4. The number of alkyl halides is 2. The van der Waals surface area contributed by atoms with Crippen LogP contribution in [0.1, 0.15) is 23.4 Å². The Bertz CT molecular complexity index is 415. The van der Waals surface area contributed by atoms with E-state index in [9.17, 15) is 8.78 Å². The van der Waals surface area contributed by atoms with E-state index in [-0.39, 0.29) is 24.4 Å². The summed E-state index contributed by atoms with van der Waals surface area (Å²) in [5.74, 6) is -0.00265. The van der Waals surface area contributed by atoms with Gasteiger partial charge in [-0.3, -0.25) is 0 Å². The summed E-state index contributed by atoms with van der Waals surface area (Å²) in [6, 6.07) is 3.26. The molecule has 0 aromatic carbocycles. The molecule has 4 nitrogen and oxygen atoms in total. The highest BCUT2D eigenvalue weighted by Gasteiger charge is 2.18. The van der Waals surface area contributed by atoms with E-state index in [2.05, 4.69) is 4.98 Å². The Kier molecular flexibility index (Phi) is 4.14. The van der Waals surface area contributed by atoms with Crippen LogP contribution in [0.15, 0.2) is 6.07 Å². The van der Waals surface area contributed by atoms with Crippen molar-refractivity contribution in [3.63, 3.8) is 0 Å². The summed E-state index contributed by atoms with van der Waals surface area (Å²) in [7, 11) is 1.28. The fourth-order valence-corrected chi connectivity index (χ4v) is 1.31. The Morgan fingerprint density at radius 1 is 1.62 bits per heavy atom. The molecule has 0 aliphatic rings. The summed E-state index contributed by atoms with van der Waals surface area (Å²) in [4.78, 5) is 3.73. The molecule has 1 rings (SSSR count). The minimum absolute atomic E-state index is 0.00265. The summed E-state index contributed by atoms with van der Waals surface area (Å²) in [6.07, 6.45) is -2.78. The normalized spacial score (nSPS) is 10.2. The number of aromatic nitrogens is 1. The van der Waals surface area contributed by atoms with Gasteiger partial charge in [-0.25, -0.2) is 13.8 Å². The van der Waals surface area contributed by atoms with Crippen molar-refractivity contribution in [1.29, 1.82) is 5.26 Å². The molecule has 0 aliphatic carbocycles. The number of hydrogen-bond donors (Lipinski definition) is 1. The third kappa shape index (κ3) is 2.44. The molecular weight excluding hydrogens is 216 g/mol. The first-order chi connectivity index (χ1) is 7.63. The van der Waals surface area contributed by atoms with Crippen LogP contribution in [0.5, 0.6) is 5.75 Å². The number of rotatable bonds is 4. The van der Waals surface area contributed by atoms with Gasteiger partial charge in [0.05, 0.1) is 25.3 Å². The Morgan fingerprint density at radius 3 is 2.75 bits per heavy atom. The quantitative estimate of drug-likeness (QED) is 0.847. The van der Waals surface area contributed by atoms with Gasteiger partial charge in [-0.05, 0) is 11.6 Å². The van der Waals surface area contributed by atoms with Gasteiger partial charge in [-0.15, -0.1) is 0 Å². The molecule has 0 bridgehead atoms. The number of nitrogens with zero attached hydrogens (tertiary/aromatic N) is 2. The largest absolute Gasteiger partial charge is 0.495 e. The Hall–Kier alpha value is -1.74. The second kappa shape index (κ2) is 5.37. The van der Waals surface area contributed by atoms with Crippen molar-refractivity contribution in [2.45, 2.75) is 19.4 Å². The van der Waals surface area contributed by atoms with Crippen molar-refractivity contribution >= 4 is 0 Å². The summed E-state index contributed by atoms with van der Waals surface area (Å²) in [5.41, 5.74) is 5.81. The third-order valence-electron chi connectivity index (χ3n) is 2.08. The van der Waals surface area contributed by atoms with Crippen LogP contribution in [0.2, 0.25) is 0 Å². The zero-order chi connectivity index (χ0) is 12.1. The number of nitrogens with two attached hydrogens (primary N) is 1. The van der Waals surface area contributed by atoms with Crippen LogP contribution < -0.4 is 10.5 Å². The molecule has 0 spiro atoms. The molecule has 1 heterocycles. The molecule has 0 radical (unpaired) electrons. The van der Waals surface area contributed by atoms with Crippen LogP contribution in [0.25, 0.3) is 0 Å².